The lowest BCUT2D eigenvalue weighted by atomic mass is 10.1. The highest BCUT2D eigenvalue weighted by Gasteiger charge is 2.20. The van der Waals surface area contributed by atoms with Crippen molar-refractivity contribution in [2.45, 2.75) is 13.3 Å². The summed E-state index contributed by atoms with van der Waals surface area (Å²) in [7, 11) is 1.57. The Kier molecular flexibility index (Phi) is 7.25. The zero-order chi connectivity index (χ0) is 15.7. The number of nitrogens with zero attached hydrogens (tertiary/aromatic N) is 1. The van der Waals surface area contributed by atoms with Crippen molar-refractivity contribution in [3.8, 4) is 5.75 Å². The summed E-state index contributed by atoms with van der Waals surface area (Å²) < 4.78 is 10.4. The molecule has 0 saturated carbocycles. The van der Waals surface area contributed by atoms with Crippen LogP contribution in [0.25, 0.3) is 0 Å². The molecule has 0 fully saturated rings. The molecule has 0 unspecified atom stereocenters. The Morgan fingerprint density at radius 1 is 1.24 bits per heavy atom. The number of para-hydroxylation sites is 1. The van der Waals surface area contributed by atoms with Crippen molar-refractivity contribution in [3.63, 3.8) is 0 Å². The summed E-state index contributed by atoms with van der Waals surface area (Å²) in [6, 6.07) is 6.81. The number of methoxy groups -OCH3 is 1. The Morgan fingerprint density at radius 2 is 1.95 bits per heavy atom. The minimum absolute atomic E-state index is 0.320. The standard InChI is InChI=1S/C15H21NO5/c1-3-8-16(11-14(17)18)15(19)12-6-4-5-7-13(12)21-10-9-20-2/h4-7H,3,8-11H2,1-2H3,(H,17,18). The van der Waals surface area contributed by atoms with Gasteiger partial charge in [-0.15, -0.1) is 0 Å². The van der Waals surface area contributed by atoms with Crippen LogP contribution in [-0.4, -0.2) is 55.3 Å². The van der Waals surface area contributed by atoms with Gasteiger partial charge in [-0.1, -0.05) is 19.1 Å². The minimum atomic E-state index is -1.03. The average molecular weight is 295 g/mol. The van der Waals surface area contributed by atoms with Gasteiger partial charge in [0.1, 0.15) is 18.9 Å². The van der Waals surface area contributed by atoms with Gasteiger partial charge in [0.05, 0.1) is 12.2 Å². The SMILES string of the molecule is CCCN(CC(=O)O)C(=O)c1ccccc1OCCOC. The molecule has 0 radical (unpaired) electrons. The molecule has 6 nitrogen and oxygen atoms in total. The van der Waals surface area contributed by atoms with Crippen LogP contribution in [0.1, 0.15) is 23.7 Å². The normalized spacial score (nSPS) is 10.2. The molecule has 6 heteroatoms. The van der Waals surface area contributed by atoms with E-state index < -0.39 is 5.97 Å². The number of aliphatic carboxylic acids is 1. The molecular formula is C15H21NO5. The molecule has 1 N–H and O–H groups in total. The summed E-state index contributed by atoms with van der Waals surface area (Å²) in [5, 5.41) is 8.91. The van der Waals surface area contributed by atoms with Gasteiger partial charge in [0.15, 0.2) is 0 Å². The van der Waals surface area contributed by atoms with Gasteiger partial charge in [-0.3, -0.25) is 9.59 Å². The maximum Gasteiger partial charge on any atom is 0.323 e. The van der Waals surface area contributed by atoms with Gasteiger partial charge in [-0.05, 0) is 18.6 Å². The number of rotatable bonds is 9. The predicted molar refractivity (Wildman–Crippen MR) is 77.6 cm³/mol. The summed E-state index contributed by atoms with van der Waals surface area (Å²) in [4.78, 5) is 24.7. The smallest absolute Gasteiger partial charge is 0.323 e. The van der Waals surface area contributed by atoms with Crippen molar-refractivity contribution in [2.24, 2.45) is 0 Å². The van der Waals surface area contributed by atoms with E-state index in [0.29, 0.717) is 37.5 Å². The quantitative estimate of drug-likeness (QED) is 0.701. The highest BCUT2D eigenvalue weighted by Crippen LogP contribution is 2.20. The van der Waals surface area contributed by atoms with Gasteiger partial charge in [0.2, 0.25) is 0 Å². The number of benzene rings is 1. The van der Waals surface area contributed by atoms with E-state index in [9.17, 15) is 9.59 Å². The average Bonchev–Trinajstić information content (AvgIpc) is 2.46. The van der Waals surface area contributed by atoms with E-state index in [1.807, 2.05) is 6.92 Å². The highest BCUT2D eigenvalue weighted by molar-refractivity contribution is 5.98. The lowest BCUT2D eigenvalue weighted by molar-refractivity contribution is -0.137. The third-order valence-electron chi connectivity index (χ3n) is 2.77. The predicted octanol–water partition coefficient (Wildman–Crippen LogP) is 1.65. The third kappa shape index (κ3) is 5.43. The van der Waals surface area contributed by atoms with Gasteiger partial charge in [0, 0.05) is 13.7 Å². The first-order valence-corrected chi connectivity index (χ1v) is 6.82. The largest absolute Gasteiger partial charge is 0.490 e. The van der Waals surface area contributed by atoms with Crippen LogP contribution >= 0.6 is 0 Å². The molecule has 1 amide bonds. The van der Waals surface area contributed by atoms with E-state index in [0.717, 1.165) is 0 Å². The summed E-state index contributed by atoms with van der Waals surface area (Å²) in [6.07, 6.45) is 0.686. The van der Waals surface area contributed by atoms with E-state index in [1.165, 1.54) is 4.90 Å². The van der Waals surface area contributed by atoms with E-state index in [2.05, 4.69) is 0 Å². The molecule has 1 aromatic rings. The lowest BCUT2D eigenvalue weighted by Gasteiger charge is -2.21. The molecule has 116 valence electrons. The fraction of sp³-hybridized carbons (Fsp3) is 0.467. The van der Waals surface area contributed by atoms with Crippen LogP contribution in [0.4, 0.5) is 0 Å². The van der Waals surface area contributed by atoms with Crippen LogP contribution in [0.3, 0.4) is 0 Å². The number of hydrogen-bond acceptors (Lipinski definition) is 4. The zero-order valence-electron chi connectivity index (χ0n) is 12.4. The lowest BCUT2D eigenvalue weighted by Crippen LogP contribution is -2.36. The van der Waals surface area contributed by atoms with E-state index >= 15 is 0 Å². The number of carbonyl (C=O) groups excluding carboxylic acids is 1. The highest BCUT2D eigenvalue weighted by atomic mass is 16.5. The summed E-state index contributed by atoms with van der Waals surface area (Å²) >= 11 is 0. The molecule has 0 atom stereocenters. The maximum atomic E-state index is 12.5. The van der Waals surface area contributed by atoms with Gasteiger partial charge >= 0.3 is 5.97 Å². The Hall–Kier alpha value is -2.08. The van der Waals surface area contributed by atoms with Crippen LogP contribution in [0.5, 0.6) is 5.75 Å². The molecule has 1 rings (SSSR count). The van der Waals surface area contributed by atoms with Crippen molar-refractivity contribution >= 4 is 11.9 Å². The summed E-state index contributed by atoms with van der Waals surface area (Å²) in [5.74, 6) is -0.937. The second-order valence-electron chi connectivity index (χ2n) is 4.46. The fourth-order valence-corrected chi connectivity index (χ4v) is 1.86. The third-order valence-corrected chi connectivity index (χ3v) is 2.77. The van der Waals surface area contributed by atoms with Crippen molar-refractivity contribution in [2.75, 3.05) is 33.4 Å². The molecule has 0 aliphatic heterocycles. The van der Waals surface area contributed by atoms with Crippen molar-refractivity contribution < 1.29 is 24.2 Å². The van der Waals surface area contributed by atoms with Gasteiger partial charge in [-0.2, -0.15) is 0 Å². The Bertz CT molecular complexity index is 475. The number of carboxylic acid groups (broad SMARTS) is 1. The number of carboxylic acids is 1. The van der Waals surface area contributed by atoms with E-state index in [4.69, 9.17) is 14.6 Å². The topological polar surface area (TPSA) is 76.1 Å². The fourth-order valence-electron chi connectivity index (χ4n) is 1.86. The van der Waals surface area contributed by atoms with Crippen LogP contribution in [-0.2, 0) is 9.53 Å². The Labute approximate surface area is 124 Å². The van der Waals surface area contributed by atoms with Gasteiger partial charge < -0.3 is 19.5 Å². The molecule has 21 heavy (non-hydrogen) atoms. The number of hydrogen-bond donors (Lipinski definition) is 1. The second-order valence-corrected chi connectivity index (χ2v) is 4.46. The molecule has 0 spiro atoms. The van der Waals surface area contributed by atoms with Crippen LogP contribution in [0, 0.1) is 0 Å². The molecule has 1 aromatic carbocycles. The Balaban J connectivity index is 2.90. The minimum Gasteiger partial charge on any atom is -0.490 e. The molecule has 0 bridgehead atoms. The number of ether oxygens (including phenoxy) is 2. The van der Waals surface area contributed by atoms with E-state index in [-0.39, 0.29) is 12.5 Å². The maximum absolute atomic E-state index is 12.5. The van der Waals surface area contributed by atoms with Gasteiger partial charge in [-0.25, -0.2) is 0 Å². The van der Waals surface area contributed by atoms with Crippen molar-refractivity contribution in [1.82, 2.24) is 4.90 Å². The van der Waals surface area contributed by atoms with Crippen LogP contribution < -0.4 is 4.74 Å². The first-order chi connectivity index (χ1) is 10.1. The summed E-state index contributed by atoms with van der Waals surface area (Å²) in [5.41, 5.74) is 0.364. The summed E-state index contributed by atoms with van der Waals surface area (Å²) in [6.45, 7) is 2.70. The van der Waals surface area contributed by atoms with Crippen LogP contribution in [0.15, 0.2) is 24.3 Å². The molecular weight excluding hydrogens is 274 g/mol. The van der Waals surface area contributed by atoms with Crippen molar-refractivity contribution in [1.29, 1.82) is 0 Å². The first kappa shape index (κ1) is 17.0. The second kappa shape index (κ2) is 8.97. The monoisotopic (exact) mass is 295 g/mol. The molecule has 0 aromatic heterocycles. The zero-order valence-corrected chi connectivity index (χ0v) is 12.4. The molecule has 0 heterocycles. The molecule has 0 aliphatic carbocycles. The van der Waals surface area contributed by atoms with E-state index in [1.54, 1.807) is 31.4 Å². The van der Waals surface area contributed by atoms with Crippen LogP contribution in [0.2, 0.25) is 0 Å². The van der Waals surface area contributed by atoms with Gasteiger partial charge in [0.25, 0.3) is 5.91 Å². The molecule has 0 aliphatic rings. The first-order valence-electron chi connectivity index (χ1n) is 6.82. The van der Waals surface area contributed by atoms with Crippen molar-refractivity contribution in [3.05, 3.63) is 29.8 Å². The number of carbonyl (C=O) groups is 2. The number of amides is 1. The Morgan fingerprint density at radius 3 is 2.57 bits per heavy atom. The molecule has 0 saturated heterocycles.